The number of benzene rings is 1. The summed E-state index contributed by atoms with van der Waals surface area (Å²) in [5.41, 5.74) is 0.548. The van der Waals surface area contributed by atoms with E-state index in [1.165, 1.54) is 11.3 Å². The Morgan fingerprint density at radius 2 is 1.82 bits per heavy atom. The van der Waals surface area contributed by atoms with E-state index in [0.717, 1.165) is 30.6 Å². The van der Waals surface area contributed by atoms with Crippen molar-refractivity contribution in [2.45, 2.75) is 44.0 Å². The van der Waals surface area contributed by atoms with E-state index in [4.69, 9.17) is 9.47 Å². The molecule has 1 aliphatic rings. The van der Waals surface area contributed by atoms with Crippen molar-refractivity contribution in [3.63, 3.8) is 0 Å². The first-order chi connectivity index (χ1) is 15.9. The van der Waals surface area contributed by atoms with Crippen LogP contribution in [0.5, 0.6) is 11.5 Å². The number of thiophene rings is 1. The first kappa shape index (κ1) is 23.7. The number of hydrogen-bond donors (Lipinski definition) is 1. The summed E-state index contributed by atoms with van der Waals surface area (Å²) in [6.45, 7) is 0. The first-order valence-corrected chi connectivity index (χ1v) is 13.7. The second kappa shape index (κ2) is 10.2. The Morgan fingerprint density at radius 1 is 1.12 bits per heavy atom. The molecule has 3 aromatic rings. The Hall–Kier alpha value is -2.43. The van der Waals surface area contributed by atoms with Gasteiger partial charge in [-0.3, -0.25) is 4.57 Å². The predicted octanol–water partition coefficient (Wildman–Crippen LogP) is 3.87. The highest BCUT2D eigenvalue weighted by Gasteiger charge is 2.28. The molecule has 0 aliphatic heterocycles. The van der Waals surface area contributed by atoms with Gasteiger partial charge in [0.15, 0.2) is 21.5 Å². The van der Waals surface area contributed by atoms with Gasteiger partial charge in [-0.25, -0.2) is 8.42 Å². The number of aliphatic hydroxyl groups is 1. The highest BCUT2D eigenvalue weighted by molar-refractivity contribution is 7.90. The molecular formula is C23H29N3O5S2. The lowest BCUT2D eigenvalue weighted by Crippen LogP contribution is -2.23. The molecule has 10 heteroatoms. The van der Waals surface area contributed by atoms with Crippen LogP contribution in [0.15, 0.2) is 35.7 Å². The van der Waals surface area contributed by atoms with Gasteiger partial charge in [-0.2, -0.15) is 0 Å². The second-order valence-electron chi connectivity index (χ2n) is 8.26. The lowest BCUT2D eigenvalue weighted by molar-refractivity contribution is 0.107. The Bertz CT molecular complexity index is 1150. The van der Waals surface area contributed by atoms with Gasteiger partial charge in [-0.05, 0) is 48.8 Å². The Kier molecular flexibility index (Phi) is 7.35. The van der Waals surface area contributed by atoms with Crippen LogP contribution < -0.4 is 9.47 Å². The maximum atomic E-state index is 13.1. The maximum Gasteiger partial charge on any atom is 0.178 e. The molecule has 0 amide bonds. The molecule has 0 bridgehead atoms. The number of ether oxygens (including phenoxy) is 2. The van der Waals surface area contributed by atoms with E-state index < -0.39 is 15.9 Å². The number of hydrogen-bond acceptors (Lipinski definition) is 8. The Labute approximate surface area is 198 Å². The quantitative estimate of drug-likeness (QED) is 0.459. The van der Waals surface area contributed by atoms with Crippen LogP contribution in [0.25, 0.3) is 16.4 Å². The Balaban J connectivity index is 1.68. The van der Waals surface area contributed by atoms with Gasteiger partial charge >= 0.3 is 0 Å². The lowest BCUT2D eigenvalue weighted by atomic mass is 9.99. The van der Waals surface area contributed by atoms with Crippen LogP contribution in [0.4, 0.5) is 0 Å². The standard InChI is InChI=1S/C23H29N3O5S2/c1-30-18-9-5-10-19(31-2)22(18)26-21(24-25-23(26)20-11-6-13-32-20)15-33(28,29)14-12-17(27)16-7-3-4-8-16/h5-6,9-11,13,16-17,27H,3-4,7-8,12,14-15H2,1-2H3/t17-/m0/s1. The fourth-order valence-electron chi connectivity index (χ4n) is 4.41. The zero-order valence-electron chi connectivity index (χ0n) is 18.8. The fourth-order valence-corrected chi connectivity index (χ4v) is 6.43. The average Bonchev–Trinajstić information content (AvgIpc) is 3.58. The smallest absolute Gasteiger partial charge is 0.178 e. The molecule has 1 fully saturated rings. The summed E-state index contributed by atoms with van der Waals surface area (Å²) in [6, 6.07) is 9.18. The molecule has 0 spiro atoms. The van der Waals surface area contributed by atoms with Gasteiger partial charge in [0.05, 0.1) is 31.0 Å². The van der Waals surface area contributed by atoms with Gasteiger partial charge in [0.1, 0.15) is 22.9 Å². The third-order valence-electron chi connectivity index (χ3n) is 6.11. The molecule has 2 heterocycles. The number of methoxy groups -OCH3 is 2. The lowest BCUT2D eigenvalue weighted by Gasteiger charge is -2.18. The molecule has 1 N–H and O–H groups in total. The largest absolute Gasteiger partial charge is 0.494 e. The normalized spacial score (nSPS) is 15.6. The third kappa shape index (κ3) is 5.23. The van der Waals surface area contributed by atoms with Crippen LogP contribution in [0.3, 0.4) is 0 Å². The number of sulfone groups is 1. The molecule has 0 radical (unpaired) electrons. The monoisotopic (exact) mass is 491 g/mol. The zero-order chi connectivity index (χ0) is 23.4. The highest BCUT2D eigenvalue weighted by Crippen LogP contribution is 2.37. The van der Waals surface area contributed by atoms with E-state index in [1.54, 1.807) is 37.0 Å². The van der Waals surface area contributed by atoms with Crippen LogP contribution in [0.1, 0.15) is 37.9 Å². The molecular weight excluding hydrogens is 462 g/mol. The average molecular weight is 492 g/mol. The molecule has 2 aromatic heterocycles. The molecule has 1 atom stereocenters. The summed E-state index contributed by atoms with van der Waals surface area (Å²) >= 11 is 1.48. The van der Waals surface area contributed by atoms with Crippen molar-refractivity contribution in [2.75, 3.05) is 20.0 Å². The van der Waals surface area contributed by atoms with Gasteiger partial charge in [0.25, 0.3) is 0 Å². The van der Waals surface area contributed by atoms with Gasteiger partial charge in [-0.1, -0.05) is 25.0 Å². The van der Waals surface area contributed by atoms with Crippen LogP contribution in [-0.4, -0.2) is 54.4 Å². The summed E-state index contributed by atoms with van der Waals surface area (Å²) in [5, 5.41) is 21.0. The van der Waals surface area contributed by atoms with Gasteiger partial charge < -0.3 is 14.6 Å². The SMILES string of the molecule is COc1cccc(OC)c1-n1c(CS(=O)(=O)CC[C@H](O)C2CCCC2)nnc1-c1cccs1. The summed E-state index contributed by atoms with van der Waals surface area (Å²) < 4.78 is 39.0. The molecule has 1 aromatic carbocycles. The van der Waals surface area contributed by atoms with E-state index in [2.05, 4.69) is 10.2 Å². The maximum absolute atomic E-state index is 13.1. The van der Waals surface area contributed by atoms with E-state index in [0.29, 0.717) is 23.0 Å². The van der Waals surface area contributed by atoms with Crippen molar-refractivity contribution < 1.29 is 23.0 Å². The van der Waals surface area contributed by atoms with E-state index in [1.807, 2.05) is 17.5 Å². The van der Waals surface area contributed by atoms with E-state index >= 15 is 0 Å². The van der Waals surface area contributed by atoms with Crippen molar-refractivity contribution in [1.29, 1.82) is 0 Å². The van der Waals surface area contributed by atoms with Crippen molar-refractivity contribution in [3.8, 4) is 27.9 Å². The van der Waals surface area contributed by atoms with Crippen molar-refractivity contribution in [1.82, 2.24) is 14.8 Å². The topological polar surface area (TPSA) is 104 Å². The summed E-state index contributed by atoms with van der Waals surface area (Å²) in [7, 11) is -0.446. The molecule has 1 aliphatic carbocycles. The molecule has 0 unspecified atom stereocenters. The summed E-state index contributed by atoms with van der Waals surface area (Å²) in [5.74, 6) is 1.62. The second-order valence-corrected chi connectivity index (χ2v) is 11.4. The van der Waals surface area contributed by atoms with Crippen molar-refractivity contribution in [3.05, 3.63) is 41.5 Å². The van der Waals surface area contributed by atoms with Gasteiger partial charge in [0.2, 0.25) is 0 Å². The van der Waals surface area contributed by atoms with Crippen LogP contribution in [0.2, 0.25) is 0 Å². The number of para-hydroxylation sites is 1. The van der Waals surface area contributed by atoms with E-state index in [9.17, 15) is 13.5 Å². The van der Waals surface area contributed by atoms with Crippen LogP contribution in [0, 0.1) is 5.92 Å². The highest BCUT2D eigenvalue weighted by atomic mass is 32.2. The molecule has 0 saturated heterocycles. The van der Waals surface area contributed by atoms with Crippen molar-refractivity contribution in [2.24, 2.45) is 5.92 Å². The number of aromatic nitrogens is 3. The number of aliphatic hydroxyl groups excluding tert-OH is 1. The molecule has 33 heavy (non-hydrogen) atoms. The molecule has 178 valence electrons. The molecule has 1 saturated carbocycles. The summed E-state index contributed by atoms with van der Waals surface area (Å²) in [4.78, 5) is 0.843. The molecule has 8 nitrogen and oxygen atoms in total. The van der Waals surface area contributed by atoms with Crippen LogP contribution in [-0.2, 0) is 15.6 Å². The zero-order valence-corrected chi connectivity index (χ0v) is 20.4. The minimum absolute atomic E-state index is 0.102. The first-order valence-electron chi connectivity index (χ1n) is 11.0. The van der Waals surface area contributed by atoms with Crippen LogP contribution >= 0.6 is 11.3 Å². The third-order valence-corrected chi connectivity index (χ3v) is 8.54. The van der Waals surface area contributed by atoms with E-state index in [-0.39, 0.29) is 29.7 Å². The summed E-state index contributed by atoms with van der Waals surface area (Å²) in [6.07, 6.45) is 3.78. The minimum Gasteiger partial charge on any atom is -0.494 e. The van der Waals surface area contributed by atoms with Crippen molar-refractivity contribution >= 4 is 21.2 Å². The fraction of sp³-hybridized carbons (Fsp3) is 0.478. The number of nitrogens with zero attached hydrogens (tertiary/aromatic N) is 3. The van der Waals surface area contributed by atoms with Gasteiger partial charge in [-0.15, -0.1) is 21.5 Å². The minimum atomic E-state index is -3.55. The predicted molar refractivity (Wildman–Crippen MR) is 128 cm³/mol. The molecule has 4 rings (SSSR count). The number of rotatable bonds is 10. The Morgan fingerprint density at radius 3 is 2.42 bits per heavy atom. The van der Waals surface area contributed by atoms with Gasteiger partial charge in [0, 0.05) is 0 Å².